The van der Waals surface area contributed by atoms with Gasteiger partial charge in [-0.15, -0.1) is 4.31 Å². The number of allylic oxidation sites excluding steroid dienone is 1. The number of aromatic nitrogens is 3. The second-order valence-electron chi connectivity index (χ2n) is 5.10. The number of rotatable bonds is 7. The molecule has 27 heavy (non-hydrogen) atoms. The molecule has 1 aromatic carbocycles. The lowest BCUT2D eigenvalue weighted by atomic mass is 10.3. The Hall–Kier alpha value is -3.21. The molecule has 0 atom stereocenters. The number of primary amides is 1. The van der Waals surface area contributed by atoms with Gasteiger partial charge in [0, 0.05) is 0 Å². The number of sulfonamides is 1. The Balaban J connectivity index is 2.58. The Bertz CT molecular complexity index is 961. The fourth-order valence-corrected chi connectivity index (χ4v) is 3.43. The van der Waals surface area contributed by atoms with Crippen molar-refractivity contribution in [1.29, 1.82) is 0 Å². The van der Waals surface area contributed by atoms with E-state index in [0.717, 1.165) is 0 Å². The van der Waals surface area contributed by atoms with Gasteiger partial charge in [0.1, 0.15) is 23.1 Å². The van der Waals surface area contributed by atoms with Crippen molar-refractivity contribution in [3.63, 3.8) is 0 Å². The number of carbonyl (C=O) groups is 1. The van der Waals surface area contributed by atoms with Crippen LogP contribution in [0.25, 0.3) is 0 Å². The van der Waals surface area contributed by atoms with Gasteiger partial charge in [0.25, 0.3) is 16.0 Å². The summed E-state index contributed by atoms with van der Waals surface area (Å²) in [5.41, 5.74) is 5.32. The summed E-state index contributed by atoms with van der Waals surface area (Å²) in [5.74, 6) is -0.273. The van der Waals surface area contributed by atoms with E-state index in [-0.39, 0.29) is 33.4 Å². The number of hydrogen-bond acceptors (Lipinski definition) is 8. The molecule has 1 aromatic heterocycles. The molecule has 2 rings (SSSR count). The molecular weight excluding hydrogens is 374 g/mol. The van der Waals surface area contributed by atoms with Crippen LogP contribution in [-0.2, 0) is 10.0 Å². The van der Waals surface area contributed by atoms with Crippen molar-refractivity contribution in [1.82, 2.24) is 15.0 Å². The van der Waals surface area contributed by atoms with Crippen LogP contribution in [0.5, 0.6) is 11.8 Å². The number of hydrogen-bond donors (Lipinski definition) is 1. The first-order valence-electron chi connectivity index (χ1n) is 7.75. The highest BCUT2D eigenvalue weighted by molar-refractivity contribution is 7.93. The van der Waals surface area contributed by atoms with Crippen molar-refractivity contribution in [2.24, 2.45) is 5.73 Å². The minimum atomic E-state index is -4.46. The summed E-state index contributed by atoms with van der Waals surface area (Å²) in [6, 6.07) is 4.42. The normalized spacial score (nSPS) is 11.4. The lowest BCUT2D eigenvalue weighted by Crippen LogP contribution is -2.42. The zero-order valence-corrected chi connectivity index (χ0v) is 15.8. The van der Waals surface area contributed by atoms with Crippen LogP contribution in [0, 0.1) is 6.92 Å². The molecule has 144 valence electrons. The number of anilines is 1. The molecule has 2 amide bonds. The molecule has 0 aliphatic heterocycles. The van der Waals surface area contributed by atoms with Crippen molar-refractivity contribution >= 4 is 22.0 Å². The molecule has 10 nitrogen and oxygen atoms in total. The lowest BCUT2D eigenvalue weighted by molar-refractivity contribution is 0.256. The Morgan fingerprint density at radius 1 is 1.26 bits per heavy atom. The van der Waals surface area contributed by atoms with Gasteiger partial charge in [-0.2, -0.15) is 15.0 Å². The van der Waals surface area contributed by atoms with Crippen molar-refractivity contribution in [2.45, 2.75) is 18.7 Å². The fraction of sp³-hybridized carbons (Fsp3) is 0.250. The van der Waals surface area contributed by atoms with E-state index in [4.69, 9.17) is 15.2 Å². The van der Waals surface area contributed by atoms with E-state index in [1.807, 2.05) is 0 Å². The first-order valence-corrected chi connectivity index (χ1v) is 9.19. The van der Waals surface area contributed by atoms with Crippen LogP contribution in [-0.4, -0.2) is 43.1 Å². The minimum Gasteiger partial charge on any atom is -0.488 e. The van der Waals surface area contributed by atoms with Crippen LogP contribution < -0.4 is 19.5 Å². The zero-order valence-electron chi connectivity index (χ0n) is 15.0. The average molecular weight is 393 g/mol. The van der Waals surface area contributed by atoms with Gasteiger partial charge in [0.05, 0.1) is 7.11 Å². The third kappa shape index (κ3) is 4.50. The summed E-state index contributed by atoms with van der Waals surface area (Å²) in [5, 5.41) is 0. The molecule has 0 fully saturated rings. The molecule has 0 saturated carbocycles. The number of aryl methyl sites for hydroxylation is 1. The molecule has 0 saturated heterocycles. The van der Waals surface area contributed by atoms with Crippen LogP contribution in [0.2, 0.25) is 0 Å². The van der Waals surface area contributed by atoms with E-state index in [9.17, 15) is 13.2 Å². The van der Waals surface area contributed by atoms with E-state index < -0.39 is 22.0 Å². The molecule has 0 spiro atoms. The van der Waals surface area contributed by atoms with E-state index in [0.29, 0.717) is 0 Å². The Labute approximate surface area is 156 Å². The van der Waals surface area contributed by atoms with Crippen molar-refractivity contribution in [3.05, 3.63) is 42.2 Å². The predicted octanol–water partition coefficient (Wildman–Crippen LogP) is 1.42. The number of nitrogens with zero attached hydrogens (tertiary/aromatic N) is 4. The summed E-state index contributed by atoms with van der Waals surface area (Å²) in [6.45, 7) is 3.45. The van der Waals surface area contributed by atoms with Crippen molar-refractivity contribution in [2.75, 3.05) is 18.0 Å². The molecule has 0 bridgehead atoms. The first kappa shape index (κ1) is 20.1. The van der Waals surface area contributed by atoms with Gasteiger partial charge >= 0.3 is 12.0 Å². The molecule has 11 heteroatoms. The van der Waals surface area contributed by atoms with Crippen molar-refractivity contribution in [3.8, 4) is 11.8 Å². The summed E-state index contributed by atoms with van der Waals surface area (Å²) in [4.78, 5) is 23.3. The van der Waals surface area contributed by atoms with Crippen LogP contribution in [0.15, 0.2) is 41.3 Å². The number of para-hydroxylation sites is 1. The highest BCUT2D eigenvalue weighted by Crippen LogP contribution is 2.29. The number of urea groups is 1. The minimum absolute atomic E-state index is 0.0552. The van der Waals surface area contributed by atoms with Gasteiger partial charge in [0.2, 0.25) is 0 Å². The average Bonchev–Trinajstić information content (AvgIpc) is 2.61. The highest BCUT2D eigenvalue weighted by atomic mass is 32.2. The SMILES string of the molecule is CC=CCOc1ccccc1S(=O)(=O)N(C(N)=O)c1nc(C)nc(OC)n1. The van der Waals surface area contributed by atoms with Crippen LogP contribution in [0.1, 0.15) is 12.7 Å². The van der Waals surface area contributed by atoms with Crippen LogP contribution in [0.3, 0.4) is 0 Å². The summed E-state index contributed by atoms with van der Waals surface area (Å²) in [7, 11) is -3.16. The van der Waals surface area contributed by atoms with E-state index in [1.54, 1.807) is 25.1 Å². The number of amides is 2. The number of carbonyl (C=O) groups excluding carboxylic acids is 1. The zero-order chi connectivity index (χ0) is 20.0. The maximum Gasteiger partial charge on any atom is 0.336 e. The molecule has 0 aliphatic carbocycles. The van der Waals surface area contributed by atoms with Gasteiger partial charge in [-0.05, 0) is 26.0 Å². The van der Waals surface area contributed by atoms with E-state index >= 15 is 0 Å². The largest absolute Gasteiger partial charge is 0.488 e. The fourth-order valence-electron chi connectivity index (χ4n) is 2.07. The first-order chi connectivity index (χ1) is 12.8. The molecule has 1 heterocycles. The number of nitrogens with two attached hydrogens (primary N) is 1. The monoisotopic (exact) mass is 393 g/mol. The molecule has 0 unspecified atom stereocenters. The Morgan fingerprint density at radius 3 is 2.59 bits per heavy atom. The maximum atomic E-state index is 13.1. The van der Waals surface area contributed by atoms with Crippen molar-refractivity contribution < 1.29 is 22.7 Å². The highest BCUT2D eigenvalue weighted by Gasteiger charge is 2.34. The van der Waals surface area contributed by atoms with Gasteiger partial charge in [-0.25, -0.2) is 13.2 Å². The smallest absolute Gasteiger partial charge is 0.336 e. The lowest BCUT2D eigenvalue weighted by Gasteiger charge is -2.20. The topological polar surface area (TPSA) is 138 Å². The third-order valence-corrected chi connectivity index (χ3v) is 4.93. The molecule has 0 radical (unpaired) electrons. The van der Waals surface area contributed by atoms with Gasteiger partial charge in [-0.1, -0.05) is 24.3 Å². The second-order valence-corrected chi connectivity index (χ2v) is 6.86. The third-order valence-electron chi connectivity index (χ3n) is 3.22. The van der Waals surface area contributed by atoms with E-state index in [2.05, 4.69) is 15.0 Å². The molecular formula is C16H19N5O5S. The van der Waals surface area contributed by atoms with Gasteiger partial charge in [-0.3, -0.25) is 0 Å². The molecule has 0 aliphatic rings. The summed E-state index contributed by atoms with van der Waals surface area (Å²) in [6.07, 6.45) is 3.46. The van der Waals surface area contributed by atoms with Crippen LogP contribution in [0.4, 0.5) is 10.7 Å². The molecule has 2 aromatic rings. The maximum absolute atomic E-state index is 13.1. The Morgan fingerprint density at radius 2 is 1.96 bits per heavy atom. The summed E-state index contributed by atoms with van der Waals surface area (Å²) >= 11 is 0. The summed E-state index contributed by atoms with van der Waals surface area (Å²) < 4.78 is 36.9. The van der Waals surface area contributed by atoms with Gasteiger partial charge in [0.15, 0.2) is 0 Å². The van der Waals surface area contributed by atoms with E-state index in [1.165, 1.54) is 32.2 Å². The van der Waals surface area contributed by atoms with Crippen LogP contribution >= 0.6 is 0 Å². The Kier molecular flexibility index (Phi) is 6.29. The van der Waals surface area contributed by atoms with Gasteiger partial charge < -0.3 is 15.2 Å². The quantitative estimate of drug-likeness (QED) is 0.697. The number of benzene rings is 1. The number of ether oxygens (including phenoxy) is 2. The second kappa shape index (κ2) is 8.45. The predicted molar refractivity (Wildman–Crippen MR) is 97.1 cm³/mol. The number of methoxy groups -OCH3 is 1. The molecule has 2 N–H and O–H groups in total. The standard InChI is InChI=1S/C16H19N5O5S/c1-4-5-10-26-12-8-6-7-9-13(12)27(23,24)21(14(17)22)15-18-11(2)19-16(20-15)25-3/h4-9H,10H2,1-3H3,(H2,17,22).